The number of hydrogen-bond donors (Lipinski definition) is 0. The van der Waals surface area contributed by atoms with Gasteiger partial charge in [-0.3, -0.25) is 4.79 Å². The number of unbranched alkanes of at least 4 members (excludes halogenated alkanes) is 8. The Morgan fingerprint density at radius 2 is 1.39 bits per heavy atom. The number of carbonyl (C=O) groups is 2. The molecule has 0 unspecified atom stereocenters. The summed E-state index contributed by atoms with van der Waals surface area (Å²) in [5.41, 5.74) is 5.24. The lowest BCUT2D eigenvalue weighted by molar-refractivity contribution is -0.111. The van der Waals surface area contributed by atoms with Gasteiger partial charge < -0.3 is 4.74 Å². The van der Waals surface area contributed by atoms with E-state index in [2.05, 4.69) is 16.9 Å². The van der Waals surface area contributed by atoms with Gasteiger partial charge in [0.2, 0.25) is 0 Å². The fraction of sp³-hybridized carbons (Fsp3) is 0.636. The third kappa shape index (κ3) is 10.0. The highest BCUT2D eigenvalue weighted by molar-refractivity contribution is 8.13. The van der Waals surface area contributed by atoms with Gasteiger partial charge in [0.1, 0.15) is 11.3 Å². The van der Waals surface area contributed by atoms with Crippen molar-refractivity contribution in [3.05, 3.63) is 39.3 Å². The smallest absolute Gasteiger partial charge is 0.344 e. The van der Waals surface area contributed by atoms with E-state index in [1.54, 1.807) is 0 Å². The van der Waals surface area contributed by atoms with Gasteiger partial charge in [0.25, 0.3) is 0 Å². The molecule has 33 heavy (non-hydrogen) atoms. The summed E-state index contributed by atoms with van der Waals surface area (Å²) in [6.07, 6.45) is 9.82. The van der Waals surface area contributed by atoms with Crippen molar-refractivity contribution in [2.45, 2.75) is 77.6 Å². The molecule has 0 N–H and O–H groups in total. The minimum atomic E-state index is -1.97. The Balaban J connectivity index is 2.20. The Morgan fingerprint density at radius 1 is 0.879 bits per heavy atom. The molecule has 0 spiro atoms. The van der Waals surface area contributed by atoms with Crippen LogP contribution in [0.4, 0.5) is 23.2 Å². The first kappa shape index (κ1) is 28.8. The van der Waals surface area contributed by atoms with Gasteiger partial charge in [-0.05, 0) is 24.8 Å². The van der Waals surface area contributed by atoms with E-state index >= 15 is 0 Å². The molecule has 0 saturated carbocycles. The fourth-order valence-electron chi connectivity index (χ4n) is 3.07. The zero-order valence-electron chi connectivity index (χ0n) is 18.7. The van der Waals surface area contributed by atoms with Gasteiger partial charge in [0, 0.05) is 17.1 Å². The molecule has 0 aliphatic rings. The monoisotopic (exact) mass is 491 g/mol. The van der Waals surface area contributed by atoms with E-state index in [4.69, 9.17) is 10.3 Å². The van der Waals surface area contributed by atoms with Gasteiger partial charge >= 0.3 is 5.97 Å². The second-order valence-corrected chi connectivity index (χ2v) is 8.61. The highest BCUT2D eigenvalue weighted by atomic mass is 32.2. The summed E-state index contributed by atoms with van der Waals surface area (Å²) in [5, 5.41) is 2.83. The molecular formula is C22H29F4N3O3S. The van der Waals surface area contributed by atoms with E-state index in [0.717, 1.165) is 63.5 Å². The van der Waals surface area contributed by atoms with Crippen LogP contribution >= 0.6 is 11.8 Å². The lowest BCUT2D eigenvalue weighted by Gasteiger charge is -2.09. The molecule has 1 rings (SSSR count). The number of halogens is 4. The molecular weight excluding hydrogens is 462 g/mol. The molecule has 1 aromatic carbocycles. The molecule has 0 heterocycles. The average molecular weight is 492 g/mol. The van der Waals surface area contributed by atoms with Crippen molar-refractivity contribution in [2.24, 2.45) is 5.11 Å². The van der Waals surface area contributed by atoms with E-state index in [1.807, 2.05) is 0 Å². The SMILES string of the molecule is CCCSC(=O)CCCCCCCCCCCOC(=O)c1c(F)c(F)c(N=[N+]=[N-])c(F)c1F. The third-order valence-corrected chi connectivity index (χ3v) is 5.95. The first-order chi connectivity index (χ1) is 15.8. The van der Waals surface area contributed by atoms with Gasteiger partial charge in [0.15, 0.2) is 28.4 Å². The number of thioether (sulfide) groups is 1. The van der Waals surface area contributed by atoms with Gasteiger partial charge in [-0.1, -0.05) is 68.7 Å². The number of rotatable bonds is 16. The second kappa shape index (κ2) is 16.4. The Hall–Kier alpha value is -2.26. The highest BCUT2D eigenvalue weighted by Crippen LogP contribution is 2.30. The maximum atomic E-state index is 13.9. The molecule has 0 bridgehead atoms. The molecule has 0 radical (unpaired) electrons. The molecule has 0 aliphatic heterocycles. The largest absolute Gasteiger partial charge is 0.462 e. The van der Waals surface area contributed by atoms with E-state index in [1.165, 1.54) is 11.8 Å². The summed E-state index contributed by atoms with van der Waals surface area (Å²) in [5.74, 6) is -8.49. The highest BCUT2D eigenvalue weighted by Gasteiger charge is 2.29. The quantitative estimate of drug-likeness (QED) is 0.0447. The molecule has 184 valence electrons. The van der Waals surface area contributed by atoms with Crippen LogP contribution in [0.15, 0.2) is 5.11 Å². The molecule has 0 aromatic heterocycles. The van der Waals surface area contributed by atoms with E-state index in [9.17, 15) is 27.2 Å². The molecule has 1 aromatic rings. The van der Waals surface area contributed by atoms with Crippen LogP contribution in [0.5, 0.6) is 0 Å². The first-order valence-corrected chi connectivity index (χ1v) is 12.1. The maximum Gasteiger partial charge on any atom is 0.344 e. The number of benzene rings is 1. The Morgan fingerprint density at radius 3 is 1.91 bits per heavy atom. The summed E-state index contributed by atoms with van der Waals surface area (Å²) >= 11 is 1.41. The van der Waals surface area contributed by atoms with Gasteiger partial charge in [0.05, 0.1) is 6.61 Å². The standard InChI is InChI=1S/C22H29F4N3O3S/c1-2-14-33-15(30)12-10-8-6-4-3-5-7-9-11-13-32-22(31)16-17(23)19(25)21(28-29-27)20(26)18(16)24/h2-14H2,1H3. The summed E-state index contributed by atoms with van der Waals surface area (Å²) in [6, 6.07) is 0. The van der Waals surface area contributed by atoms with Crippen LogP contribution in [0.3, 0.4) is 0 Å². The summed E-state index contributed by atoms with van der Waals surface area (Å²) in [7, 11) is 0. The average Bonchev–Trinajstić information content (AvgIpc) is 2.80. The number of carbonyl (C=O) groups excluding carboxylic acids is 2. The zero-order valence-corrected chi connectivity index (χ0v) is 19.5. The summed E-state index contributed by atoms with van der Waals surface area (Å²) in [6.45, 7) is 1.90. The van der Waals surface area contributed by atoms with Crippen LogP contribution in [-0.2, 0) is 9.53 Å². The number of nitrogens with zero attached hydrogens (tertiary/aromatic N) is 3. The normalized spacial score (nSPS) is 10.7. The van der Waals surface area contributed by atoms with Crippen molar-refractivity contribution in [3.63, 3.8) is 0 Å². The van der Waals surface area contributed by atoms with Crippen LogP contribution < -0.4 is 0 Å². The van der Waals surface area contributed by atoms with Crippen LogP contribution in [-0.4, -0.2) is 23.4 Å². The predicted molar refractivity (Wildman–Crippen MR) is 119 cm³/mol. The first-order valence-electron chi connectivity index (χ1n) is 11.1. The Kier molecular flexibility index (Phi) is 14.3. The van der Waals surface area contributed by atoms with Gasteiger partial charge in [-0.2, -0.15) is 0 Å². The maximum absolute atomic E-state index is 13.9. The predicted octanol–water partition coefficient (Wildman–Crippen LogP) is 7.91. The fourth-order valence-corrected chi connectivity index (χ4v) is 3.79. The van der Waals surface area contributed by atoms with Gasteiger partial charge in [-0.15, -0.1) is 0 Å². The van der Waals surface area contributed by atoms with Crippen molar-refractivity contribution in [2.75, 3.05) is 12.4 Å². The van der Waals surface area contributed by atoms with E-state index in [0.29, 0.717) is 12.8 Å². The van der Waals surface area contributed by atoms with Crippen LogP contribution in [0.25, 0.3) is 10.4 Å². The topological polar surface area (TPSA) is 92.1 Å². The lowest BCUT2D eigenvalue weighted by Crippen LogP contribution is -2.14. The van der Waals surface area contributed by atoms with Crippen molar-refractivity contribution < 1.29 is 31.9 Å². The second-order valence-electron chi connectivity index (χ2n) is 7.46. The van der Waals surface area contributed by atoms with Crippen molar-refractivity contribution in [1.29, 1.82) is 0 Å². The minimum Gasteiger partial charge on any atom is -0.462 e. The summed E-state index contributed by atoms with van der Waals surface area (Å²) in [4.78, 5) is 25.5. The Labute approximate surface area is 195 Å². The van der Waals surface area contributed by atoms with Crippen LogP contribution in [0.1, 0.15) is 87.9 Å². The van der Waals surface area contributed by atoms with Crippen LogP contribution in [0, 0.1) is 23.3 Å². The molecule has 0 aliphatic carbocycles. The molecule has 0 fully saturated rings. The number of azide groups is 1. The third-order valence-electron chi connectivity index (χ3n) is 4.81. The molecule has 6 nitrogen and oxygen atoms in total. The van der Waals surface area contributed by atoms with Crippen molar-refractivity contribution in [3.8, 4) is 0 Å². The molecule has 0 saturated heterocycles. The van der Waals surface area contributed by atoms with Crippen molar-refractivity contribution in [1.82, 2.24) is 0 Å². The summed E-state index contributed by atoms with van der Waals surface area (Å²) < 4.78 is 60.0. The lowest BCUT2D eigenvalue weighted by atomic mass is 10.1. The zero-order chi connectivity index (χ0) is 24.6. The number of ether oxygens (including phenoxy) is 1. The number of hydrogen-bond acceptors (Lipinski definition) is 5. The molecule has 11 heteroatoms. The van der Waals surface area contributed by atoms with Crippen molar-refractivity contribution >= 4 is 28.5 Å². The minimum absolute atomic E-state index is 0.150. The molecule has 0 atom stereocenters. The van der Waals surface area contributed by atoms with E-state index in [-0.39, 0.29) is 11.7 Å². The number of esters is 1. The Bertz CT molecular complexity index is 820. The van der Waals surface area contributed by atoms with E-state index < -0.39 is 40.5 Å². The van der Waals surface area contributed by atoms with Gasteiger partial charge in [-0.25, -0.2) is 22.4 Å². The van der Waals surface area contributed by atoms with Crippen LogP contribution in [0.2, 0.25) is 0 Å². The molecule has 0 amide bonds.